The van der Waals surface area contributed by atoms with E-state index >= 15 is 0 Å². The summed E-state index contributed by atoms with van der Waals surface area (Å²) in [7, 11) is 2.45. The molecule has 1 aromatic carbocycles. The van der Waals surface area contributed by atoms with E-state index in [9.17, 15) is 4.79 Å². The molecule has 1 rings (SSSR count). The molecule has 2 atom stereocenters. The number of rotatable bonds is 3. The average molecular weight is 182 g/mol. The minimum Gasteiger partial charge on any atom is -0.481 e. The van der Waals surface area contributed by atoms with Gasteiger partial charge in [0.2, 0.25) is 0 Å². The number of carboxylic acid groups (broad SMARTS) is 1. The van der Waals surface area contributed by atoms with Gasteiger partial charge in [0.15, 0.2) is 0 Å². The van der Waals surface area contributed by atoms with Gasteiger partial charge in [-0.15, -0.1) is 9.24 Å². The molecule has 0 fully saturated rings. The van der Waals surface area contributed by atoms with E-state index in [2.05, 4.69) is 9.24 Å². The first-order valence-electron chi connectivity index (χ1n) is 3.73. The van der Waals surface area contributed by atoms with Crippen LogP contribution in [-0.4, -0.2) is 17.2 Å². The van der Waals surface area contributed by atoms with E-state index in [1.54, 1.807) is 0 Å². The van der Waals surface area contributed by atoms with Gasteiger partial charge in [-0.1, -0.05) is 30.3 Å². The summed E-state index contributed by atoms with van der Waals surface area (Å²) < 4.78 is 0. The molecule has 0 aliphatic carbocycles. The zero-order valence-corrected chi connectivity index (χ0v) is 7.76. The first-order chi connectivity index (χ1) is 5.75. The fourth-order valence-corrected chi connectivity index (χ4v) is 1.54. The monoisotopic (exact) mass is 182 g/mol. The predicted molar refractivity (Wildman–Crippen MR) is 51.4 cm³/mol. The first-order valence-corrected chi connectivity index (χ1v) is 4.55. The molecule has 1 N–H and O–H groups in total. The fraction of sp³-hybridized carbons (Fsp3) is 0.222. The number of hydrogen-bond acceptors (Lipinski definition) is 1. The molecule has 2 unspecified atom stereocenters. The Bertz CT molecular complexity index is 258. The molecule has 0 aliphatic rings. The van der Waals surface area contributed by atoms with Crippen molar-refractivity contribution in [1.29, 1.82) is 0 Å². The van der Waals surface area contributed by atoms with Gasteiger partial charge < -0.3 is 5.11 Å². The van der Waals surface area contributed by atoms with E-state index in [4.69, 9.17) is 5.11 Å². The van der Waals surface area contributed by atoms with Gasteiger partial charge in [0.05, 0.1) is 5.92 Å². The minimum atomic E-state index is -0.767. The Morgan fingerprint density at radius 3 is 2.42 bits per heavy atom. The predicted octanol–water partition coefficient (Wildman–Crippen LogP) is 1.73. The van der Waals surface area contributed by atoms with Crippen molar-refractivity contribution >= 4 is 15.2 Å². The number of carboxylic acids is 1. The van der Waals surface area contributed by atoms with Crippen LogP contribution < -0.4 is 0 Å². The molecule has 0 spiro atoms. The van der Waals surface area contributed by atoms with Gasteiger partial charge in [0, 0.05) is 0 Å². The van der Waals surface area contributed by atoms with Gasteiger partial charge in [-0.3, -0.25) is 4.79 Å². The normalized spacial score (nSPS) is 12.4. The van der Waals surface area contributed by atoms with Crippen LogP contribution in [0.5, 0.6) is 0 Å². The van der Waals surface area contributed by atoms with Gasteiger partial charge in [-0.05, 0) is 11.7 Å². The molecule has 1 aromatic rings. The summed E-state index contributed by atoms with van der Waals surface area (Å²) in [4.78, 5) is 10.7. The van der Waals surface area contributed by atoms with E-state index in [1.807, 2.05) is 30.3 Å². The van der Waals surface area contributed by atoms with Crippen molar-refractivity contribution in [2.24, 2.45) is 0 Å². The second kappa shape index (κ2) is 4.22. The van der Waals surface area contributed by atoms with Crippen molar-refractivity contribution in [3.05, 3.63) is 35.9 Å². The van der Waals surface area contributed by atoms with E-state index in [0.717, 1.165) is 5.56 Å². The lowest BCUT2D eigenvalue weighted by atomic mass is 10.0. The quantitative estimate of drug-likeness (QED) is 0.723. The molecule has 0 saturated heterocycles. The SMILES string of the molecule is O=C(O)C(CP)c1ccccc1. The van der Waals surface area contributed by atoms with E-state index in [-0.39, 0.29) is 0 Å². The summed E-state index contributed by atoms with van der Waals surface area (Å²) in [5, 5.41) is 8.81. The fourth-order valence-electron chi connectivity index (χ4n) is 1.06. The molecule has 0 amide bonds. The van der Waals surface area contributed by atoms with E-state index < -0.39 is 11.9 Å². The third kappa shape index (κ3) is 2.05. The molecule has 0 heterocycles. The number of hydrogen-bond donors (Lipinski definition) is 1. The standard InChI is InChI=1S/C9H11O2P/c10-9(11)8(6-12)7-4-2-1-3-5-7/h1-5,8H,6,12H2,(H,10,11). The van der Waals surface area contributed by atoms with Crippen LogP contribution in [0.2, 0.25) is 0 Å². The van der Waals surface area contributed by atoms with Crippen LogP contribution in [0.1, 0.15) is 11.5 Å². The molecule has 2 nitrogen and oxygen atoms in total. The highest BCUT2D eigenvalue weighted by Crippen LogP contribution is 2.17. The molecular formula is C9H11O2P. The minimum absolute atomic E-state index is 0.392. The van der Waals surface area contributed by atoms with Crippen LogP contribution >= 0.6 is 9.24 Å². The third-order valence-electron chi connectivity index (χ3n) is 1.74. The second-order valence-corrected chi connectivity index (χ2v) is 3.01. The molecule has 0 radical (unpaired) electrons. The summed E-state index contributed by atoms with van der Waals surface area (Å²) >= 11 is 0. The van der Waals surface area contributed by atoms with Crippen LogP contribution in [0.4, 0.5) is 0 Å². The summed E-state index contributed by atoms with van der Waals surface area (Å²) in [6.45, 7) is 0. The maximum atomic E-state index is 10.7. The average Bonchev–Trinajstić information content (AvgIpc) is 2.07. The van der Waals surface area contributed by atoms with Crippen molar-refractivity contribution in [1.82, 2.24) is 0 Å². The third-order valence-corrected chi connectivity index (χ3v) is 2.21. The molecule has 0 saturated carbocycles. The Labute approximate surface area is 73.8 Å². The Hall–Kier alpha value is -0.880. The molecule has 0 bridgehead atoms. The summed E-state index contributed by atoms with van der Waals surface area (Å²) in [5.41, 5.74) is 0.861. The smallest absolute Gasteiger partial charge is 0.311 e. The molecular weight excluding hydrogens is 171 g/mol. The highest BCUT2D eigenvalue weighted by atomic mass is 31.0. The summed E-state index contributed by atoms with van der Waals surface area (Å²) in [6, 6.07) is 9.26. The van der Waals surface area contributed by atoms with Crippen molar-refractivity contribution in [2.45, 2.75) is 5.92 Å². The highest BCUT2D eigenvalue weighted by Gasteiger charge is 2.16. The van der Waals surface area contributed by atoms with Crippen LogP contribution in [0, 0.1) is 0 Å². The summed E-state index contributed by atoms with van der Waals surface area (Å²) in [5.74, 6) is -1.16. The number of carbonyl (C=O) groups is 1. The Morgan fingerprint density at radius 2 is 2.00 bits per heavy atom. The zero-order chi connectivity index (χ0) is 8.97. The van der Waals surface area contributed by atoms with Crippen molar-refractivity contribution in [3.8, 4) is 0 Å². The summed E-state index contributed by atoms with van der Waals surface area (Å²) in [6.07, 6.45) is 0.555. The maximum Gasteiger partial charge on any atom is 0.311 e. The Kier molecular flexibility index (Phi) is 3.24. The van der Waals surface area contributed by atoms with Gasteiger partial charge in [0.1, 0.15) is 0 Å². The number of aliphatic carboxylic acids is 1. The van der Waals surface area contributed by atoms with Gasteiger partial charge in [0.25, 0.3) is 0 Å². The largest absolute Gasteiger partial charge is 0.481 e. The van der Waals surface area contributed by atoms with Gasteiger partial charge in [-0.2, -0.15) is 0 Å². The molecule has 0 aromatic heterocycles. The Morgan fingerprint density at radius 1 is 1.42 bits per heavy atom. The molecule has 64 valence electrons. The van der Waals surface area contributed by atoms with E-state index in [0.29, 0.717) is 6.16 Å². The van der Waals surface area contributed by atoms with Gasteiger partial charge >= 0.3 is 5.97 Å². The lowest BCUT2D eigenvalue weighted by Gasteiger charge is -2.08. The Balaban J connectivity index is 2.88. The molecule has 3 heteroatoms. The topological polar surface area (TPSA) is 37.3 Å². The van der Waals surface area contributed by atoms with Crippen LogP contribution in [-0.2, 0) is 4.79 Å². The molecule has 0 aliphatic heterocycles. The van der Waals surface area contributed by atoms with Crippen LogP contribution in [0.15, 0.2) is 30.3 Å². The van der Waals surface area contributed by atoms with E-state index in [1.165, 1.54) is 0 Å². The van der Waals surface area contributed by atoms with Crippen molar-refractivity contribution < 1.29 is 9.90 Å². The first kappa shape index (κ1) is 9.21. The highest BCUT2D eigenvalue weighted by molar-refractivity contribution is 7.16. The lowest BCUT2D eigenvalue weighted by molar-refractivity contribution is -0.138. The van der Waals surface area contributed by atoms with Gasteiger partial charge in [-0.25, -0.2) is 0 Å². The second-order valence-electron chi connectivity index (χ2n) is 2.54. The zero-order valence-electron chi connectivity index (χ0n) is 6.60. The van der Waals surface area contributed by atoms with Crippen molar-refractivity contribution in [2.75, 3.05) is 6.16 Å². The van der Waals surface area contributed by atoms with Crippen LogP contribution in [0.25, 0.3) is 0 Å². The lowest BCUT2D eigenvalue weighted by Crippen LogP contribution is -2.12. The number of benzene rings is 1. The van der Waals surface area contributed by atoms with Crippen molar-refractivity contribution in [3.63, 3.8) is 0 Å². The van der Waals surface area contributed by atoms with Crippen LogP contribution in [0.3, 0.4) is 0 Å². The molecule has 12 heavy (non-hydrogen) atoms. The maximum absolute atomic E-state index is 10.7.